The van der Waals surface area contributed by atoms with Crippen molar-refractivity contribution in [2.24, 2.45) is 0 Å². The highest BCUT2D eigenvalue weighted by Crippen LogP contribution is 2.26. The first kappa shape index (κ1) is 24.8. The summed E-state index contributed by atoms with van der Waals surface area (Å²) in [5.74, 6) is -1.07. The number of benzene rings is 3. The van der Waals surface area contributed by atoms with Crippen LogP contribution < -0.4 is 9.44 Å². The Hall–Kier alpha value is -2.88. The Morgan fingerprint density at radius 3 is 2.00 bits per heavy atom. The van der Waals surface area contributed by atoms with E-state index in [9.17, 15) is 21.6 Å². The lowest BCUT2D eigenvalue weighted by atomic mass is 9.87. The van der Waals surface area contributed by atoms with Gasteiger partial charge in [-0.05, 0) is 53.4 Å². The molecule has 0 saturated heterocycles. The van der Waals surface area contributed by atoms with Gasteiger partial charge in [-0.1, -0.05) is 62.7 Å². The van der Waals surface area contributed by atoms with E-state index in [2.05, 4.69) is 4.72 Å². The molecule has 2 N–H and O–H groups in total. The van der Waals surface area contributed by atoms with Gasteiger partial charge in [0.05, 0.1) is 26.1 Å². The van der Waals surface area contributed by atoms with Gasteiger partial charge in [0.25, 0.3) is 5.91 Å². The molecular formula is C23H23ClN2O5S2. The molecule has 0 aliphatic rings. The maximum Gasteiger partial charge on any atom is 0.323 e. The highest BCUT2D eigenvalue weighted by atomic mass is 35.5. The van der Waals surface area contributed by atoms with E-state index >= 15 is 0 Å². The second kappa shape index (κ2) is 9.17. The van der Waals surface area contributed by atoms with Crippen molar-refractivity contribution in [2.75, 3.05) is 4.72 Å². The summed E-state index contributed by atoms with van der Waals surface area (Å²) in [4.78, 5) is 12.5. The molecule has 3 aromatic rings. The van der Waals surface area contributed by atoms with Crippen molar-refractivity contribution in [3.8, 4) is 0 Å². The van der Waals surface area contributed by atoms with Crippen LogP contribution in [-0.2, 0) is 25.5 Å². The lowest BCUT2D eigenvalue weighted by molar-refractivity contribution is 0.0981. The van der Waals surface area contributed by atoms with Gasteiger partial charge < -0.3 is 0 Å². The molecule has 10 heteroatoms. The minimum absolute atomic E-state index is 0.0340. The Balaban J connectivity index is 1.83. The predicted octanol–water partition coefficient (Wildman–Crippen LogP) is 4.56. The summed E-state index contributed by atoms with van der Waals surface area (Å²) in [7, 11) is -8.23. The van der Waals surface area contributed by atoms with Crippen LogP contribution in [0.15, 0.2) is 82.6 Å². The van der Waals surface area contributed by atoms with Gasteiger partial charge in [0, 0.05) is 0 Å². The van der Waals surface area contributed by atoms with E-state index in [1.54, 1.807) is 42.5 Å². The number of carbonyl (C=O) groups is 1. The zero-order valence-corrected chi connectivity index (χ0v) is 20.6. The maximum absolute atomic E-state index is 12.8. The van der Waals surface area contributed by atoms with Gasteiger partial charge in [-0.25, -0.2) is 13.1 Å². The molecule has 0 radical (unpaired) electrons. The van der Waals surface area contributed by atoms with E-state index in [0.29, 0.717) is 0 Å². The van der Waals surface area contributed by atoms with Crippen molar-refractivity contribution < 1.29 is 21.6 Å². The Morgan fingerprint density at radius 2 is 1.42 bits per heavy atom. The van der Waals surface area contributed by atoms with E-state index in [0.717, 1.165) is 11.6 Å². The first-order valence-electron chi connectivity index (χ1n) is 9.85. The molecule has 174 valence electrons. The number of amides is 1. The van der Waals surface area contributed by atoms with Crippen LogP contribution in [0.4, 0.5) is 5.69 Å². The number of rotatable bonds is 6. The smallest absolute Gasteiger partial charge is 0.268 e. The zero-order valence-electron chi connectivity index (χ0n) is 18.2. The normalized spacial score (nSPS) is 12.2. The van der Waals surface area contributed by atoms with Crippen molar-refractivity contribution in [1.82, 2.24) is 4.72 Å². The molecule has 1 amide bonds. The quantitative estimate of drug-likeness (QED) is 0.509. The lowest BCUT2D eigenvalue weighted by Crippen LogP contribution is -2.35. The van der Waals surface area contributed by atoms with Crippen LogP contribution in [0.2, 0.25) is 5.02 Å². The molecule has 7 nitrogen and oxygen atoms in total. The summed E-state index contributed by atoms with van der Waals surface area (Å²) in [6.07, 6.45) is 0. The van der Waals surface area contributed by atoms with Crippen molar-refractivity contribution in [3.63, 3.8) is 0 Å². The average Bonchev–Trinajstić information content (AvgIpc) is 2.73. The Labute approximate surface area is 198 Å². The van der Waals surface area contributed by atoms with Gasteiger partial charge in [-0.2, -0.15) is 8.42 Å². The largest absolute Gasteiger partial charge is 0.323 e. The van der Waals surface area contributed by atoms with Gasteiger partial charge in [0.1, 0.15) is 0 Å². The van der Waals surface area contributed by atoms with Crippen LogP contribution in [0, 0.1) is 0 Å². The molecule has 0 saturated carbocycles. The number of anilines is 1. The number of sulfone groups is 1. The van der Waals surface area contributed by atoms with Crippen LogP contribution in [0.1, 0.15) is 36.7 Å². The molecule has 0 aliphatic carbocycles. The van der Waals surface area contributed by atoms with Crippen molar-refractivity contribution in [2.45, 2.75) is 36.0 Å². The van der Waals surface area contributed by atoms with Crippen LogP contribution in [0.5, 0.6) is 0 Å². The van der Waals surface area contributed by atoms with E-state index in [-0.39, 0.29) is 31.5 Å². The number of carbonyl (C=O) groups excluding carboxylic acids is 1. The molecule has 0 spiro atoms. The molecule has 33 heavy (non-hydrogen) atoms. The van der Waals surface area contributed by atoms with Crippen LogP contribution >= 0.6 is 11.6 Å². The summed E-state index contributed by atoms with van der Waals surface area (Å²) < 4.78 is 54.8. The minimum atomic E-state index is -4.31. The van der Waals surface area contributed by atoms with Gasteiger partial charge >= 0.3 is 10.2 Å². The highest BCUT2D eigenvalue weighted by molar-refractivity contribution is 7.91. The zero-order chi connectivity index (χ0) is 24.4. The van der Waals surface area contributed by atoms with Crippen molar-refractivity contribution >= 4 is 43.2 Å². The van der Waals surface area contributed by atoms with Gasteiger partial charge in [-0.15, -0.1) is 0 Å². The van der Waals surface area contributed by atoms with Gasteiger partial charge in [-0.3, -0.25) is 9.52 Å². The summed E-state index contributed by atoms with van der Waals surface area (Å²) in [6.45, 7) is 6.09. The maximum atomic E-state index is 12.8. The van der Waals surface area contributed by atoms with Crippen LogP contribution in [0.3, 0.4) is 0 Å². The van der Waals surface area contributed by atoms with Crippen molar-refractivity contribution in [1.29, 1.82) is 0 Å². The molecule has 0 atom stereocenters. The molecule has 0 bridgehead atoms. The number of nitrogens with one attached hydrogen (secondary N) is 2. The van der Waals surface area contributed by atoms with E-state index in [1.807, 2.05) is 25.5 Å². The lowest BCUT2D eigenvalue weighted by Gasteiger charge is -2.19. The topological polar surface area (TPSA) is 109 Å². The summed E-state index contributed by atoms with van der Waals surface area (Å²) in [5, 5.41) is -0.0933. The minimum Gasteiger partial charge on any atom is -0.268 e. The fourth-order valence-corrected chi connectivity index (χ4v) is 5.34. The molecular weight excluding hydrogens is 484 g/mol. The Bertz CT molecular complexity index is 1380. The summed E-state index contributed by atoms with van der Waals surface area (Å²) in [5.41, 5.74) is 0.877. The van der Waals surface area contributed by atoms with Crippen LogP contribution in [-0.4, -0.2) is 22.7 Å². The monoisotopic (exact) mass is 506 g/mol. The third-order valence-corrected chi connectivity index (χ3v) is 7.83. The third kappa shape index (κ3) is 5.93. The molecule has 3 rings (SSSR count). The summed E-state index contributed by atoms with van der Waals surface area (Å²) >= 11 is 6.07. The SMILES string of the molecule is CC(C)(C)c1ccc(NS(=O)(=O)NC(=O)c2cc(S(=O)(=O)c3ccccc3)ccc2Cl)cc1. The number of hydrogen-bond acceptors (Lipinski definition) is 5. The molecule has 3 aromatic carbocycles. The summed E-state index contributed by atoms with van der Waals surface area (Å²) in [6, 6.07) is 17.9. The fourth-order valence-electron chi connectivity index (χ4n) is 2.98. The molecule has 0 aromatic heterocycles. The van der Waals surface area contributed by atoms with E-state index < -0.39 is 26.0 Å². The number of hydrogen-bond donors (Lipinski definition) is 2. The Morgan fingerprint density at radius 1 is 0.818 bits per heavy atom. The standard InChI is InChI=1S/C23H23ClN2O5S2/c1-23(2,3)16-9-11-17(12-10-16)25-33(30,31)26-22(27)20-15-19(13-14-21(20)24)32(28,29)18-7-5-4-6-8-18/h4-15,25H,1-3H3,(H,26,27). The van der Waals surface area contributed by atoms with Crippen LogP contribution in [0.25, 0.3) is 0 Å². The van der Waals surface area contributed by atoms with Crippen molar-refractivity contribution in [3.05, 3.63) is 88.9 Å². The molecule has 0 fully saturated rings. The van der Waals surface area contributed by atoms with Gasteiger partial charge in [0.15, 0.2) is 0 Å². The second-order valence-electron chi connectivity index (χ2n) is 8.32. The molecule has 0 unspecified atom stereocenters. The van der Waals surface area contributed by atoms with E-state index in [4.69, 9.17) is 11.6 Å². The van der Waals surface area contributed by atoms with E-state index in [1.165, 1.54) is 24.3 Å². The van der Waals surface area contributed by atoms with Gasteiger partial charge in [0.2, 0.25) is 9.84 Å². The predicted molar refractivity (Wildman–Crippen MR) is 128 cm³/mol. The average molecular weight is 507 g/mol. The fraction of sp³-hybridized carbons (Fsp3) is 0.174. The molecule has 0 aliphatic heterocycles. The first-order valence-corrected chi connectivity index (χ1v) is 13.2. The second-order valence-corrected chi connectivity index (χ2v) is 12.1. The number of halogens is 1. The third-order valence-electron chi connectivity index (χ3n) is 4.78. The Kier molecular flexibility index (Phi) is 6.88. The highest BCUT2D eigenvalue weighted by Gasteiger charge is 2.23. The molecule has 0 heterocycles. The first-order chi connectivity index (χ1) is 15.3.